The maximum Gasteiger partial charge on any atom is 0.205 e. The largest absolute Gasteiger partial charge is 0.489 e. The van der Waals surface area contributed by atoms with Crippen molar-refractivity contribution >= 4 is 28.7 Å². The van der Waals surface area contributed by atoms with Gasteiger partial charge in [0.25, 0.3) is 0 Å². The number of ketones is 1. The Labute approximate surface area is 197 Å². The Morgan fingerprint density at radius 3 is 2.75 bits per heavy atom. The Bertz CT molecular complexity index is 1220. The lowest BCUT2D eigenvalue weighted by atomic mass is 9.71. The number of ether oxygens (including phenoxy) is 2. The van der Waals surface area contributed by atoms with Gasteiger partial charge in [-0.1, -0.05) is 25.4 Å². The molecule has 0 saturated heterocycles. The van der Waals surface area contributed by atoms with Crippen LogP contribution < -0.4 is 10.5 Å². The summed E-state index contributed by atoms with van der Waals surface area (Å²) in [6, 6.07) is 9.72. The van der Waals surface area contributed by atoms with E-state index in [-0.39, 0.29) is 17.1 Å². The van der Waals surface area contributed by atoms with Crippen LogP contribution in [0.25, 0.3) is 0 Å². The number of nitriles is 1. The molecule has 0 amide bonds. The first-order valence-corrected chi connectivity index (χ1v) is 11.6. The van der Waals surface area contributed by atoms with Gasteiger partial charge in [-0.25, -0.2) is 0 Å². The average molecular weight is 469 g/mol. The highest BCUT2D eigenvalue weighted by Gasteiger charge is 2.43. The van der Waals surface area contributed by atoms with E-state index in [0.29, 0.717) is 41.4 Å². The molecule has 4 rings (SSSR count). The van der Waals surface area contributed by atoms with Crippen LogP contribution in [0.5, 0.6) is 5.75 Å². The number of carbonyl (C=O) groups is 1. The Balaban J connectivity index is 1.68. The zero-order valence-corrected chi connectivity index (χ0v) is 20.1. The number of nitrogens with two attached hydrogens (primary N) is 1. The number of hydrogen-bond donors (Lipinski definition) is 1. The molecule has 1 atom stereocenters. The molecule has 1 aromatic heterocycles. The molecule has 0 bridgehead atoms. The highest BCUT2D eigenvalue weighted by atomic mass is 35.5. The lowest BCUT2D eigenvalue weighted by Crippen LogP contribution is -2.33. The summed E-state index contributed by atoms with van der Waals surface area (Å²) in [6.07, 6.45) is 1.03. The van der Waals surface area contributed by atoms with Gasteiger partial charge in [0.2, 0.25) is 5.88 Å². The first-order valence-electron chi connectivity index (χ1n) is 10.4. The number of carbonyl (C=O) groups excluding carboxylic acids is 1. The molecule has 0 saturated carbocycles. The van der Waals surface area contributed by atoms with Crippen LogP contribution in [0.1, 0.15) is 53.5 Å². The van der Waals surface area contributed by atoms with Crippen molar-refractivity contribution in [2.45, 2.75) is 53.1 Å². The summed E-state index contributed by atoms with van der Waals surface area (Å²) in [5.74, 6) is 0.962. The van der Waals surface area contributed by atoms with Crippen LogP contribution in [0.4, 0.5) is 0 Å². The first-order chi connectivity index (χ1) is 15.1. The summed E-state index contributed by atoms with van der Waals surface area (Å²) in [7, 11) is 0. The van der Waals surface area contributed by atoms with Crippen molar-refractivity contribution in [1.82, 2.24) is 0 Å². The van der Waals surface area contributed by atoms with Crippen molar-refractivity contribution in [2.75, 3.05) is 0 Å². The number of hydrogen-bond acceptors (Lipinski definition) is 6. The molecule has 0 unspecified atom stereocenters. The summed E-state index contributed by atoms with van der Waals surface area (Å²) in [6.45, 7) is 8.42. The third kappa shape index (κ3) is 4.15. The molecular formula is C25H25ClN2O3S. The Hall–Kier alpha value is -2.75. The number of benzene rings is 1. The van der Waals surface area contributed by atoms with Gasteiger partial charge < -0.3 is 15.2 Å². The van der Waals surface area contributed by atoms with Crippen LogP contribution in [0, 0.1) is 30.6 Å². The fourth-order valence-electron chi connectivity index (χ4n) is 4.33. The van der Waals surface area contributed by atoms with Crippen LogP contribution in [0.3, 0.4) is 0 Å². The number of allylic oxidation sites excluding steroid dienone is 3. The van der Waals surface area contributed by atoms with Gasteiger partial charge in [-0.05, 0) is 49.1 Å². The molecular weight excluding hydrogens is 444 g/mol. The molecule has 1 aromatic carbocycles. The molecule has 0 spiro atoms. The lowest BCUT2D eigenvalue weighted by molar-refractivity contribution is -0.119. The minimum atomic E-state index is -0.498. The molecule has 2 N–H and O–H groups in total. The molecule has 1 aliphatic carbocycles. The summed E-state index contributed by atoms with van der Waals surface area (Å²) in [5.41, 5.74) is 8.75. The van der Waals surface area contributed by atoms with Crippen molar-refractivity contribution in [3.8, 4) is 11.8 Å². The van der Waals surface area contributed by atoms with E-state index in [1.165, 1.54) is 0 Å². The molecule has 2 heterocycles. The second-order valence-electron chi connectivity index (χ2n) is 9.13. The van der Waals surface area contributed by atoms with Gasteiger partial charge >= 0.3 is 0 Å². The zero-order valence-electron chi connectivity index (χ0n) is 18.5. The molecule has 0 fully saturated rings. The minimum Gasteiger partial charge on any atom is -0.489 e. The SMILES string of the molecule is Cc1cc(Cl)ccc1OCc1cc([C@@H]2C(C#N)=C(N)OC3=C2C(=O)CC(C)(C)C3)sc1C. The first kappa shape index (κ1) is 22.4. The van der Waals surface area contributed by atoms with Crippen LogP contribution in [-0.2, 0) is 16.1 Å². The van der Waals surface area contributed by atoms with Gasteiger partial charge in [0.05, 0.1) is 5.92 Å². The normalized spacial score (nSPS) is 20.0. The van der Waals surface area contributed by atoms with Crippen LogP contribution in [-0.4, -0.2) is 5.78 Å². The monoisotopic (exact) mass is 468 g/mol. The van der Waals surface area contributed by atoms with E-state index in [1.54, 1.807) is 17.4 Å². The molecule has 166 valence electrons. The number of nitrogens with zero attached hydrogens (tertiary/aromatic N) is 1. The van der Waals surface area contributed by atoms with E-state index >= 15 is 0 Å². The topological polar surface area (TPSA) is 85.3 Å². The lowest BCUT2D eigenvalue weighted by Gasteiger charge is -2.36. The Morgan fingerprint density at radius 2 is 2.06 bits per heavy atom. The van der Waals surface area contributed by atoms with Crippen molar-refractivity contribution in [2.24, 2.45) is 11.1 Å². The van der Waals surface area contributed by atoms with Gasteiger partial charge in [-0.2, -0.15) is 5.26 Å². The highest BCUT2D eigenvalue weighted by molar-refractivity contribution is 7.12. The van der Waals surface area contributed by atoms with E-state index in [1.807, 2.05) is 45.9 Å². The predicted molar refractivity (Wildman–Crippen MR) is 125 cm³/mol. The van der Waals surface area contributed by atoms with E-state index < -0.39 is 5.92 Å². The van der Waals surface area contributed by atoms with Gasteiger partial charge in [-0.3, -0.25) is 4.79 Å². The third-order valence-electron chi connectivity index (χ3n) is 5.92. The zero-order chi connectivity index (χ0) is 23.2. The standard InChI is InChI=1S/C25H25ClN2O3S/c1-13-7-16(26)5-6-19(13)30-12-15-8-21(32-14(15)2)22-17(11-27)24(28)31-20-10-25(3,4)9-18(29)23(20)22/h5-8,22H,9-10,12,28H2,1-4H3/t22-/m0/s1. The van der Waals surface area contributed by atoms with Crippen molar-refractivity contribution in [1.29, 1.82) is 5.26 Å². The smallest absolute Gasteiger partial charge is 0.205 e. The second-order valence-corrected chi connectivity index (χ2v) is 10.9. The number of thiophene rings is 1. The van der Waals surface area contributed by atoms with E-state index in [9.17, 15) is 10.1 Å². The highest BCUT2D eigenvalue weighted by Crippen LogP contribution is 2.49. The van der Waals surface area contributed by atoms with E-state index in [4.69, 9.17) is 26.8 Å². The quantitative estimate of drug-likeness (QED) is 0.590. The molecule has 32 heavy (non-hydrogen) atoms. The van der Waals surface area contributed by atoms with Gasteiger partial charge in [0.1, 0.15) is 29.8 Å². The third-order valence-corrected chi connectivity index (χ3v) is 7.31. The maximum absolute atomic E-state index is 13.1. The van der Waals surface area contributed by atoms with E-state index in [2.05, 4.69) is 6.07 Å². The van der Waals surface area contributed by atoms with Gasteiger partial charge in [0.15, 0.2) is 5.78 Å². The molecule has 2 aromatic rings. The van der Waals surface area contributed by atoms with Gasteiger partial charge in [-0.15, -0.1) is 11.3 Å². The predicted octanol–water partition coefficient (Wildman–Crippen LogP) is 6.05. The van der Waals surface area contributed by atoms with Gasteiger partial charge in [0, 0.05) is 38.8 Å². The number of halogens is 1. The number of aryl methyl sites for hydroxylation is 2. The molecule has 5 nitrogen and oxygen atoms in total. The Kier molecular flexibility index (Phi) is 5.83. The van der Waals surface area contributed by atoms with Crippen molar-refractivity contribution in [3.05, 3.63) is 73.0 Å². The Morgan fingerprint density at radius 1 is 1.31 bits per heavy atom. The van der Waals surface area contributed by atoms with Crippen molar-refractivity contribution < 1.29 is 14.3 Å². The van der Waals surface area contributed by atoms with Crippen LogP contribution >= 0.6 is 22.9 Å². The molecule has 0 radical (unpaired) electrons. The van der Waals surface area contributed by atoms with Crippen molar-refractivity contribution in [3.63, 3.8) is 0 Å². The average Bonchev–Trinajstić information content (AvgIpc) is 3.05. The summed E-state index contributed by atoms with van der Waals surface area (Å²) >= 11 is 7.59. The second kappa shape index (κ2) is 8.31. The molecule has 1 aliphatic heterocycles. The minimum absolute atomic E-state index is 0.0159. The fourth-order valence-corrected chi connectivity index (χ4v) is 5.71. The van der Waals surface area contributed by atoms with Crippen LogP contribution in [0.2, 0.25) is 5.02 Å². The number of rotatable bonds is 4. The number of Topliss-reactive ketones (excluding diaryl/α,β-unsaturated/α-hetero) is 1. The molecule has 2 aliphatic rings. The van der Waals surface area contributed by atoms with Crippen LogP contribution in [0.15, 0.2) is 47.1 Å². The fraction of sp³-hybridized carbons (Fsp3) is 0.360. The summed E-state index contributed by atoms with van der Waals surface area (Å²) in [5, 5.41) is 10.5. The summed E-state index contributed by atoms with van der Waals surface area (Å²) in [4.78, 5) is 15.1. The maximum atomic E-state index is 13.1. The molecule has 7 heteroatoms. The van der Waals surface area contributed by atoms with E-state index in [0.717, 1.165) is 26.6 Å². The summed E-state index contributed by atoms with van der Waals surface area (Å²) < 4.78 is 11.8.